The van der Waals surface area contributed by atoms with Gasteiger partial charge in [-0.3, -0.25) is 4.79 Å². The van der Waals surface area contributed by atoms with Gasteiger partial charge in [-0.15, -0.1) is 0 Å². The zero-order chi connectivity index (χ0) is 8.81. The molecule has 70 valence electrons. The van der Waals surface area contributed by atoms with Crippen molar-refractivity contribution < 1.29 is 9.90 Å². The van der Waals surface area contributed by atoms with Crippen LogP contribution in [0.15, 0.2) is 0 Å². The number of likely N-dealkylation sites (tertiary alicyclic amines) is 1. The smallest absolute Gasteiger partial charge is 0.222 e. The van der Waals surface area contributed by atoms with E-state index in [4.69, 9.17) is 5.11 Å². The van der Waals surface area contributed by atoms with Crippen molar-refractivity contribution >= 4 is 5.91 Å². The zero-order valence-electron chi connectivity index (χ0n) is 7.46. The maximum Gasteiger partial charge on any atom is 0.222 e. The molecule has 0 aliphatic carbocycles. The molecule has 0 aromatic rings. The quantitative estimate of drug-likeness (QED) is 0.621. The zero-order valence-corrected chi connectivity index (χ0v) is 7.46. The summed E-state index contributed by atoms with van der Waals surface area (Å²) < 4.78 is 0. The van der Waals surface area contributed by atoms with Crippen molar-refractivity contribution in [3.63, 3.8) is 0 Å². The first-order chi connectivity index (χ1) is 5.84. The van der Waals surface area contributed by atoms with Gasteiger partial charge >= 0.3 is 0 Å². The molecule has 0 saturated carbocycles. The monoisotopic (exact) mass is 171 g/mol. The van der Waals surface area contributed by atoms with Gasteiger partial charge in [0.15, 0.2) is 0 Å². The molecule has 1 aliphatic heterocycles. The molecule has 0 atom stereocenters. The number of aliphatic hydroxyl groups excluding tert-OH is 1. The third-order valence-corrected chi connectivity index (χ3v) is 2.26. The summed E-state index contributed by atoms with van der Waals surface area (Å²) in [5.74, 6) is 0.291. The van der Waals surface area contributed by atoms with E-state index < -0.39 is 0 Å². The van der Waals surface area contributed by atoms with Crippen molar-refractivity contribution in [3.05, 3.63) is 0 Å². The van der Waals surface area contributed by atoms with Crippen molar-refractivity contribution in [1.82, 2.24) is 4.90 Å². The first-order valence-electron chi connectivity index (χ1n) is 4.73. The predicted molar refractivity (Wildman–Crippen MR) is 46.8 cm³/mol. The fraction of sp³-hybridized carbons (Fsp3) is 0.889. The van der Waals surface area contributed by atoms with E-state index in [-0.39, 0.29) is 6.61 Å². The first-order valence-corrected chi connectivity index (χ1v) is 4.73. The maximum atomic E-state index is 11.3. The number of carbonyl (C=O) groups is 1. The summed E-state index contributed by atoms with van der Waals surface area (Å²) >= 11 is 0. The molecule has 1 amide bonds. The highest BCUT2D eigenvalue weighted by Crippen LogP contribution is 2.10. The molecule has 0 spiro atoms. The van der Waals surface area contributed by atoms with Gasteiger partial charge in [0.05, 0.1) is 0 Å². The number of hydrogen-bond acceptors (Lipinski definition) is 2. The topological polar surface area (TPSA) is 40.5 Å². The molecule has 12 heavy (non-hydrogen) atoms. The summed E-state index contributed by atoms with van der Waals surface area (Å²) in [6, 6.07) is 0. The number of nitrogens with zero attached hydrogens (tertiary/aromatic N) is 1. The molecule has 0 aromatic carbocycles. The lowest BCUT2D eigenvalue weighted by Gasteiger charge is -2.30. The van der Waals surface area contributed by atoms with Gasteiger partial charge in [0.1, 0.15) is 0 Å². The van der Waals surface area contributed by atoms with Gasteiger partial charge in [0.25, 0.3) is 0 Å². The minimum atomic E-state index is 0.248. The molecule has 3 nitrogen and oxygen atoms in total. The van der Waals surface area contributed by atoms with E-state index in [1.807, 2.05) is 4.90 Å². The Bertz CT molecular complexity index is 143. The number of aliphatic hydroxyl groups is 1. The Kier molecular flexibility index (Phi) is 4.08. The second-order valence-corrected chi connectivity index (χ2v) is 3.27. The van der Waals surface area contributed by atoms with Crippen LogP contribution in [-0.4, -0.2) is 35.6 Å². The highest BCUT2D eigenvalue weighted by Gasteiger charge is 2.18. The second kappa shape index (κ2) is 5.14. The second-order valence-electron chi connectivity index (χ2n) is 3.27. The van der Waals surface area contributed by atoms with E-state index in [0.717, 1.165) is 32.4 Å². The fourth-order valence-corrected chi connectivity index (χ4v) is 1.29. The van der Waals surface area contributed by atoms with Crippen LogP contribution in [0.4, 0.5) is 0 Å². The minimum absolute atomic E-state index is 0.248. The fourth-order valence-electron chi connectivity index (χ4n) is 1.29. The van der Waals surface area contributed by atoms with Crippen LogP contribution in [-0.2, 0) is 4.79 Å². The van der Waals surface area contributed by atoms with E-state index >= 15 is 0 Å². The highest BCUT2D eigenvalue weighted by atomic mass is 16.2. The summed E-state index contributed by atoms with van der Waals surface area (Å²) in [5.41, 5.74) is 0. The molecule has 1 saturated heterocycles. The Balaban J connectivity index is 1.94. The summed E-state index contributed by atoms with van der Waals surface area (Å²) in [5, 5.41) is 8.50. The van der Waals surface area contributed by atoms with E-state index in [2.05, 4.69) is 0 Å². The van der Waals surface area contributed by atoms with E-state index in [1.165, 1.54) is 6.42 Å². The van der Waals surface area contributed by atoms with Gasteiger partial charge < -0.3 is 10.0 Å². The van der Waals surface area contributed by atoms with Gasteiger partial charge in [0, 0.05) is 26.1 Å². The first kappa shape index (κ1) is 9.52. The Morgan fingerprint density at radius 1 is 1.25 bits per heavy atom. The SMILES string of the molecule is O=C(CCCCCO)N1CCC1. The molecule has 1 rings (SSSR count). The molecule has 1 aliphatic rings. The standard InChI is InChI=1S/C9H17NO2/c11-8-3-1-2-5-9(12)10-6-4-7-10/h11H,1-8H2. The predicted octanol–water partition coefficient (Wildman–Crippen LogP) is 0.771. The highest BCUT2D eigenvalue weighted by molar-refractivity contribution is 5.76. The van der Waals surface area contributed by atoms with Gasteiger partial charge in [-0.05, 0) is 19.3 Å². The van der Waals surface area contributed by atoms with Gasteiger partial charge in [-0.25, -0.2) is 0 Å². The summed E-state index contributed by atoms with van der Waals surface area (Å²) in [4.78, 5) is 13.2. The lowest BCUT2D eigenvalue weighted by atomic mass is 10.1. The van der Waals surface area contributed by atoms with Gasteiger partial charge in [-0.2, -0.15) is 0 Å². The van der Waals surface area contributed by atoms with Crippen LogP contribution in [0.5, 0.6) is 0 Å². The number of unbranched alkanes of at least 4 members (excludes halogenated alkanes) is 2. The van der Waals surface area contributed by atoms with Crippen LogP contribution in [0.25, 0.3) is 0 Å². The summed E-state index contributed by atoms with van der Waals surface area (Å²) in [6.07, 6.45) is 4.56. The van der Waals surface area contributed by atoms with E-state index in [0.29, 0.717) is 12.3 Å². The summed E-state index contributed by atoms with van der Waals surface area (Å²) in [7, 11) is 0. The molecular weight excluding hydrogens is 154 g/mol. The number of carbonyl (C=O) groups excluding carboxylic acids is 1. The average Bonchev–Trinajstić information content (AvgIpc) is 1.95. The molecule has 1 fully saturated rings. The Morgan fingerprint density at radius 2 is 2.00 bits per heavy atom. The maximum absolute atomic E-state index is 11.3. The van der Waals surface area contributed by atoms with E-state index in [1.54, 1.807) is 0 Å². The van der Waals surface area contributed by atoms with Crippen molar-refractivity contribution in [2.75, 3.05) is 19.7 Å². The molecule has 0 aromatic heterocycles. The molecule has 1 heterocycles. The molecule has 3 heteroatoms. The number of rotatable bonds is 5. The van der Waals surface area contributed by atoms with Gasteiger partial charge in [-0.1, -0.05) is 6.42 Å². The van der Waals surface area contributed by atoms with Crippen LogP contribution in [0.3, 0.4) is 0 Å². The van der Waals surface area contributed by atoms with Crippen LogP contribution >= 0.6 is 0 Å². The number of amides is 1. The van der Waals surface area contributed by atoms with E-state index in [9.17, 15) is 4.79 Å². The lowest BCUT2D eigenvalue weighted by molar-refractivity contribution is -0.134. The third kappa shape index (κ3) is 2.81. The Morgan fingerprint density at radius 3 is 2.50 bits per heavy atom. The molecule has 0 bridgehead atoms. The van der Waals surface area contributed by atoms with Crippen LogP contribution in [0, 0.1) is 0 Å². The minimum Gasteiger partial charge on any atom is -0.396 e. The van der Waals surface area contributed by atoms with Crippen LogP contribution in [0.2, 0.25) is 0 Å². The molecule has 0 radical (unpaired) electrons. The van der Waals surface area contributed by atoms with Crippen molar-refractivity contribution in [1.29, 1.82) is 0 Å². The van der Waals surface area contributed by atoms with Crippen LogP contribution < -0.4 is 0 Å². The number of hydrogen-bond donors (Lipinski definition) is 1. The van der Waals surface area contributed by atoms with Crippen molar-refractivity contribution in [2.24, 2.45) is 0 Å². The normalized spacial score (nSPS) is 15.9. The molecular formula is C9H17NO2. The third-order valence-electron chi connectivity index (χ3n) is 2.26. The molecule has 0 unspecified atom stereocenters. The average molecular weight is 171 g/mol. The summed E-state index contributed by atoms with van der Waals surface area (Å²) in [6.45, 7) is 2.16. The molecule has 1 N–H and O–H groups in total. The van der Waals surface area contributed by atoms with Crippen LogP contribution in [0.1, 0.15) is 32.1 Å². The van der Waals surface area contributed by atoms with Crippen molar-refractivity contribution in [2.45, 2.75) is 32.1 Å². The lowest BCUT2D eigenvalue weighted by Crippen LogP contribution is -2.41. The Hall–Kier alpha value is -0.570. The van der Waals surface area contributed by atoms with Crippen molar-refractivity contribution in [3.8, 4) is 0 Å². The van der Waals surface area contributed by atoms with Gasteiger partial charge in [0.2, 0.25) is 5.91 Å². The Labute approximate surface area is 73.4 Å². The largest absolute Gasteiger partial charge is 0.396 e.